The van der Waals surface area contributed by atoms with Gasteiger partial charge in [-0.05, 0) is 42.1 Å². The van der Waals surface area contributed by atoms with E-state index in [1.807, 2.05) is 30.5 Å². The Morgan fingerprint density at radius 1 is 1.17 bits per heavy atom. The highest BCUT2D eigenvalue weighted by Gasteiger charge is 2.31. The van der Waals surface area contributed by atoms with Gasteiger partial charge >= 0.3 is 0 Å². The molecule has 1 saturated heterocycles. The van der Waals surface area contributed by atoms with Crippen LogP contribution in [0.5, 0.6) is 0 Å². The minimum absolute atomic E-state index is 0.0991. The number of benzene rings is 1. The van der Waals surface area contributed by atoms with E-state index in [2.05, 4.69) is 16.8 Å². The summed E-state index contributed by atoms with van der Waals surface area (Å²) in [5.74, 6) is 1.17. The van der Waals surface area contributed by atoms with Crippen LogP contribution in [-0.4, -0.2) is 47.8 Å². The number of aryl methyl sites for hydroxylation is 1. The highest BCUT2D eigenvalue weighted by atomic mass is 32.2. The molecule has 0 atom stereocenters. The topological polar surface area (TPSA) is 71.4 Å². The van der Waals surface area contributed by atoms with Gasteiger partial charge < -0.3 is 9.88 Å². The second-order valence-corrected chi connectivity index (χ2v) is 10.9. The van der Waals surface area contributed by atoms with E-state index in [-0.39, 0.29) is 9.77 Å². The van der Waals surface area contributed by atoms with E-state index in [9.17, 15) is 13.2 Å². The quantitative estimate of drug-likeness (QED) is 0.615. The third-order valence-corrected chi connectivity index (χ3v) is 8.84. The van der Waals surface area contributed by atoms with Crippen LogP contribution < -0.4 is 5.32 Å². The van der Waals surface area contributed by atoms with Crippen molar-refractivity contribution in [2.75, 3.05) is 29.9 Å². The Morgan fingerprint density at radius 3 is 2.72 bits per heavy atom. The maximum Gasteiger partial charge on any atom is 0.267 e. The molecule has 1 aromatic carbocycles. The molecule has 6 nitrogen and oxygen atoms in total. The number of hydrogen-bond acceptors (Lipinski definition) is 5. The van der Waals surface area contributed by atoms with Crippen molar-refractivity contribution in [3.63, 3.8) is 0 Å². The van der Waals surface area contributed by atoms with Crippen molar-refractivity contribution in [3.05, 3.63) is 46.8 Å². The lowest BCUT2D eigenvalue weighted by Crippen LogP contribution is -2.38. The molecule has 4 rings (SSSR count). The fraction of sp³-hybridized carbons (Fsp3) is 0.350. The average Bonchev–Trinajstić information content (AvgIpc) is 3.37. The second kappa shape index (κ2) is 8.51. The minimum atomic E-state index is -3.66. The summed E-state index contributed by atoms with van der Waals surface area (Å²) in [4.78, 5) is 13.2. The van der Waals surface area contributed by atoms with E-state index in [0.717, 1.165) is 46.7 Å². The van der Waals surface area contributed by atoms with Crippen molar-refractivity contribution in [3.8, 4) is 0 Å². The van der Waals surface area contributed by atoms with Crippen LogP contribution in [0, 0.1) is 0 Å². The molecule has 1 aliphatic rings. The summed E-state index contributed by atoms with van der Waals surface area (Å²) < 4.78 is 29.7. The maximum atomic E-state index is 13.0. The fourth-order valence-electron chi connectivity index (χ4n) is 3.49. The number of carbonyl (C=O) groups excluding carboxylic acids is 1. The van der Waals surface area contributed by atoms with Crippen molar-refractivity contribution in [1.82, 2.24) is 8.87 Å². The largest absolute Gasteiger partial charge is 0.347 e. The zero-order chi connectivity index (χ0) is 20.4. The molecule has 0 aliphatic carbocycles. The van der Waals surface area contributed by atoms with Gasteiger partial charge in [0.1, 0.15) is 9.77 Å². The van der Waals surface area contributed by atoms with Crippen molar-refractivity contribution < 1.29 is 13.2 Å². The molecule has 1 N–H and O–H groups in total. The normalized spacial score (nSPS) is 15.6. The molecule has 29 heavy (non-hydrogen) atoms. The minimum Gasteiger partial charge on any atom is -0.347 e. The fourth-order valence-corrected chi connectivity index (χ4v) is 7.37. The number of anilines is 1. The lowest BCUT2D eigenvalue weighted by molar-refractivity contribution is 0.102. The molecule has 0 saturated carbocycles. The molecule has 1 aliphatic heterocycles. The predicted molar refractivity (Wildman–Crippen MR) is 121 cm³/mol. The van der Waals surface area contributed by atoms with Gasteiger partial charge in [0.2, 0.25) is 10.0 Å². The summed E-state index contributed by atoms with van der Waals surface area (Å²) in [6, 6.07) is 9.32. The van der Waals surface area contributed by atoms with Gasteiger partial charge in [-0.1, -0.05) is 6.92 Å². The summed E-state index contributed by atoms with van der Waals surface area (Å²) in [6.07, 6.45) is 3.09. The summed E-state index contributed by atoms with van der Waals surface area (Å²) in [7, 11) is -3.66. The van der Waals surface area contributed by atoms with Gasteiger partial charge in [-0.2, -0.15) is 16.1 Å². The van der Waals surface area contributed by atoms with Crippen LogP contribution in [0.3, 0.4) is 0 Å². The Hall–Kier alpha value is -1.81. The molecule has 3 aromatic rings. The number of amides is 1. The molecule has 2 aromatic heterocycles. The first-order chi connectivity index (χ1) is 14.0. The molecule has 1 amide bonds. The van der Waals surface area contributed by atoms with Gasteiger partial charge in [0.15, 0.2) is 0 Å². The number of hydrogen-bond donors (Lipinski definition) is 1. The van der Waals surface area contributed by atoms with Crippen LogP contribution in [0.15, 0.2) is 46.8 Å². The molecular weight excluding hydrogens is 426 g/mol. The van der Waals surface area contributed by atoms with Gasteiger partial charge in [0.25, 0.3) is 5.91 Å². The number of nitrogens with zero attached hydrogens (tertiary/aromatic N) is 2. The highest BCUT2D eigenvalue weighted by Crippen LogP contribution is 2.28. The van der Waals surface area contributed by atoms with E-state index in [4.69, 9.17) is 0 Å². The van der Waals surface area contributed by atoms with E-state index in [1.54, 1.807) is 17.1 Å². The molecule has 1 fully saturated rings. The standard InChI is InChI=1S/C20H23N3O3S3/c1-2-7-22-8-5-15-14-16(3-4-17(15)22)21-20(24)19-18(6-11-28-19)29(25,26)23-9-12-27-13-10-23/h3-6,8,11,14H,2,7,9-10,12-13H2,1H3,(H,21,24). The smallest absolute Gasteiger partial charge is 0.267 e. The Bertz CT molecular complexity index is 1130. The summed E-state index contributed by atoms with van der Waals surface area (Å²) in [5, 5.41) is 5.57. The van der Waals surface area contributed by atoms with Crippen molar-refractivity contribution in [1.29, 1.82) is 0 Å². The van der Waals surface area contributed by atoms with E-state index in [1.165, 1.54) is 10.4 Å². The van der Waals surface area contributed by atoms with E-state index < -0.39 is 15.9 Å². The number of thioether (sulfide) groups is 1. The number of fused-ring (bicyclic) bond motifs is 1. The maximum absolute atomic E-state index is 13.0. The van der Waals surface area contributed by atoms with E-state index >= 15 is 0 Å². The third-order valence-electron chi connectivity index (χ3n) is 4.92. The lowest BCUT2D eigenvalue weighted by Gasteiger charge is -2.25. The first-order valence-corrected chi connectivity index (χ1v) is 13.0. The molecule has 0 spiro atoms. The Morgan fingerprint density at radius 2 is 1.97 bits per heavy atom. The number of thiophene rings is 1. The lowest BCUT2D eigenvalue weighted by atomic mass is 10.2. The SMILES string of the molecule is CCCn1ccc2cc(NC(=O)c3sccc3S(=O)(=O)N3CCSCC3)ccc21. The number of nitrogens with one attached hydrogen (secondary N) is 1. The molecule has 0 unspecified atom stereocenters. The van der Waals surface area contributed by atoms with Gasteiger partial charge in [0.05, 0.1) is 0 Å². The molecular formula is C20H23N3O3S3. The monoisotopic (exact) mass is 449 g/mol. The van der Waals surface area contributed by atoms with Crippen LogP contribution in [0.2, 0.25) is 0 Å². The van der Waals surface area contributed by atoms with Crippen LogP contribution in [0.4, 0.5) is 5.69 Å². The number of rotatable bonds is 6. The summed E-state index contributed by atoms with van der Waals surface area (Å²) >= 11 is 2.90. The van der Waals surface area contributed by atoms with Gasteiger partial charge in [-0.15, -0.1) is 11.3 Å². The molecule has 0 radical (unpaired) electrons. The Balaban J connectivity index is 1.57. The van der Waals surface area contributed by atoms with E-state index in [0.29, 0.717) is 18.8 Å². The van der Waals surface area contributed by atoms with Gasteiger partial charge in [0, 0.05) is 53.9 Å². The summed E-state index contributed by atoms with van der Waals surface area (Å²) in [6.45, 7) is 4.04. The van der Waals surface area contributed by atoms with Gasteiger partial charge in [-0.3, -0.25) is 4.79 Å². The van der Waals surface area contributed by atoms with Crippen LogP contribution >= 0.6 is 23.1 Å². The Kier molecular flexibility index (Phi) is 6.00. The second-order valence-electron chi connectivity index (χ2n) is 6.87. The number of carbonyl (C=O) groups is 1. The number of aromatic nitrogens is 1. The van der Waals surface area contributed by atoms with Crippen molar-refractivity contribution in [2.24, 2.45) is 0 Å². The van der Waals surface area contributed by atoms with Crippen LogP contribution in [-0.2, 0) is 16.6 Å². The third kappa shape index (κ3) is 4.09. The summed E-state index contributed by atoms with van der Waals surface area (Å²) in [5.41, 5.74) is 1.77. The Labute approximate surface area is 178 Å². The predicted octanol–water partition coefficient (Wildman–Crippen LogP) is 4.10. The molecule has 154 valence electrons. The number of sulfonamides is 1. The highest BCUT2D eigenvalue weighted by molar-refractivity contribution is 7.99. The molecule has 9 heteroatoms. The average molecular weight is 450 g/mol. The zero-order valence-corrected chi connectivity index (χ0v) is 18.6. The first kappa shape index (κ1) is 20.5. The first-order valence-electron chi connectivity index (χ1n) is 9.56. The van der Waals surface area contributed by atoms with Gasteiger partial charge in [-0.25, -0.2) is 8.42 Å². The van der Waals surface area contributed by atoms with Crippen LogP contribution in [0.25, 0.3) is 10.9 Å². The van der Waals surface area contributed by atoms with Crippen molar-refractivity contribution in [2.45, 2.75) is 24.8 Å². The molecule has 0 bridgehead atoms. The zero-order valence-electron chi connectivity index (χ0n) is 16.1. The van der Waals surface area contributed by atoms with Crippen molar-refractivity contribution >= 4 is 55.6 Å². The van der Waals surface area contributed by atoms with Crippen LogP contribution in [0.1, 0.15) is 23.0 Å². The molecule has 3 heterocycles.